The van der Waals surface area contributed by atoms with E-state index in [-0.39, 0.29) is 5.82 Å². The summed E-state index contributed by atoms with van der Waals surface area (Å²) in [5, 5.41) is 0. The van der Waals surface area contributed by atoms with Gasteiger partial charge in [-0.05, 0) is 60.2 Å². The van der Waals surface area contributed by atoms with Gasteiger partial charge in [-0.2, -0.15) is 0 Å². The van der Waals surface area contributed by atoms with Crippen LogP contribution < -0.4 is 0 Å². The molecule has 0 radical (unpaired) electrons. The van der Waals surface area contributed by atoms with Crippen molar-refractivity contribution in [2.75, 3.05) is 0 Å². The van der Waals surface area contributed by atoms with E-state index in [9.17, 15) is 4.39 Å². The Balaban J connectivity index is 1.70. The molecule has 0 spiro atoms. The van der Waals surface area contributed by atoms with Crippen molar-refractivity contribution in [1.29, 1.82) is 0 Å². The molecule has 0 aromatic heterocycles. The van der Waals surface area contributed by atoms with Gasteiger partial charge in [0.2, 0.25) is 0 Å². The number of aliphatic imine (C=N–C) groups is 1. The van der Waals surface area contributed by atoms with Gasteiger partial charge in [0.25, 0.3) is 0 Å². The number of benzene rings is 3. The van der Waals surface area contributed by atoms with Crippen LogP contribution in [0.3, 0.4) is 0 Å². The van der Waals surface area contributed by atoms with Crippen molar-refractivity contribution in [3.63, 3.8) is 0 Å². The SMILES string of the molecule is C=CCCc1ccc(C=Nc2ccc(-c3ccc(C)cc3F)cc2)cc1. The predicted octanol–water partition coefficient (Wildman–Crippen LogP) is 6.67. The highest BCUT2D eigenvalue weighted by Crippen LogP contribution is 2.25. The van der Waals surface area contributed by atoms with Crippen LogP contribution in [0.4, 0.5) is 10.1 Å². The Hall–Kier alpha value is -3.00. The Morgan fingerprint density at radius 3 is 2.35 bits per heavy atom. The molecule has 0 saturated heterocycles. The van der Waals surface area contributed by atoms with Crippen LogP contribution in [0.15, 0.2) is 84.4 Å². The molecule has 0 atom stereocenters. The fourth-order valence-electron chi connectivity index (χ4n) is 2.77. The van der Waals surface area contributed by atoms with Gasteiger partial charge in [0.1, 0.15) is 5.82 Å². The lowest BCUT2D eigenvalue weighted by molar-refractivity contribution is 0.630. The minimum Gasteiger partial charge on any atom is -0.256 e. The van der Waals surface area contributed by atoms with Crippen molar-refractivity contribution >= 4 is 11.9 Å². The summed E-state index contributed by atoms with van der Waals surface area (Å²) < 4.78 is 14.1. The van der Waals surface area contributed by atoms with Crippen LogP contribution in [0.25, 0.3) is 11.1 Å². The second-order valence-electron chi connectivity index (χ2n) is 6.36. The van der Waals surface area contributed by atoms with E-state index in [0.29, 0.717) is 5.56 Å². The fourth-order valence-corrected chi connectivity index (χ4v) is 2.77. The molecule has 0 saturated carbocycles. The summed E-state index contributed by atoms with van der Waals surface area (Å²) in [7, 11) is 0. The van der Waals surface area contributed by atoms with Gasteiger partial charge >= 0.3 is 0 Å². The molecular weight excluding hydrogens is 321 g/mol. The highest BCUT2D eigenvalue weighted by atomic mass is 19.1. The van der Waals surface area contributed by atoms with E-state index >= 15 is 0 Å². The molecule has 0 amide bonds. The van der Waals surface area contributed by atoms with E-state index < -0.39 is 0 Å². The molecule has 3 aromatic rings. The molecule has 3 aromatic carbocycles. The maximum atomic E-state index is 14.1. The standard InChI is InChI=1S/C24H22FN/c1-3-4-5-19-7-9-20(10-8-19)17-26-22-13-11-21(12-14-22)23-15-6-18(2)16-24(23)25/h3,6-17H,1,4-5H2,2H3. The Morgan fingerprint density at radius 1 is 0.962 bits per heavy atom. The smallest absolute Gasteiger partial charge is 0.131 e. The average Bonchev–Trinajstić information content (AvgIpc) is 2.66. The van der Waals surface area contributed by atoms with Gasteiger partial charge in [-0.1, -0.05) is 54.6 Å². The second-order valence-corrected chi connectivity index (χ2v) is 6.36. The van der Waals surface area contributed by atoms with Crippen molar-refractivity contribution in [1.82, 2.24) is 0 Å². The highest BCUT2D eigenvalue weighted by molar-refractivity contribution is 5.82. The van der Waals surface area contributed by atoms with E-state index in [0.717, 1.165) is 35.2 Å². The molecule has 0 aliphatic carbocycles. The fraction of sp³-hybridized carbons (Fsp3) is 0.125. The van der Waals surface area contributed by atoms with E-state index in [1.165, 1.54) is 5.56 Å². The molecular formula is C24H22FN. The summed E-state index contributed by atoms with van der Waals surface area (Å²) in [5.74, 6) is -0.196. The summed E-state index contributed by atoms with van der Waals surface area (Å²) in [6, 6.07) is 21.3. The zero-order valence-electron chi connectivity index (χ0n) is 15.0. The van der Waals surface area contributed by atoms with Gasteiger partial charge in [-0.15, -0.1) is 6.58 Å². The largest absolute Gasteiger partial charge is 0.256 e. The number of hydrogen-bond acceptors (Lipinski definition) is 1. The minimum atomic E-state index is -0.196. The maximum Gasteiger partial charge on any atom is 0.131 e. The quantitative estimate of drug-likeness (QED) is 0.350. The van der Waals surface area contributed by atoms with Crippen LogP contribution in [0, 0.1) is 12.7 Å². The van der Waals surface area contributed by atoms with Crippen molar-refractivity contribution < 1.29 is 4.39 Å². The van der Waals surface area contributed by atoms with Gasteiger partial charge in [-0.25, -0.2) is 4.39 Å². The molecule has 2 heteroatoms. The maximum absolute atomic E-state index is 14.1. The van der Waals surface area contributed by atoms with Crippen molar-refractivity contribution in [2.24, 2.45) is 4.99 Å². The first-order valence-corrected chi connectivity index (χ1v) is 8.76. The Kier molecular flexibility index (Phi) is 5.75. The molecule has 0 aliphatic rings. The first-order chi connectivity index (χ1) is 12.7. The highest BCUT2D eigenvalue weighted by Gasteiger charge is 2.04. The summed E-state index contributed by atoms with van der Waals surface area (Å²) in [5.41, 5.74) is 5.58. The first-order valence-electron chi connectivity index (χ1n) is 8.76. The van der Waals surface area contributed by atoms with E-state index in [2.05, 4.69) is 35.8 Å². The Bertz CT molecular complexity index is 906. The van der Waals surface area contributed by atoms with Crippen LogP contribution in [-0.2, 0) is 6.42 Å². The lowest BCUT2D eigenvalue weighted by Gasteiger charge is -2.05. The Labute approximate surface area is 154 Å². The predicted molar refractivity (Wildman–Crippen MR) is 109 cm³/mol. The molecule has 0 fully saturated rings. The number of rotatable bonds is 6. The molecule has 26 heavy (non-hydrogen) atoms. The van der Waals surface area contributed by atoms with Crippen LogP contribution in [0.2, 0.25) is 0 Å². The van der Waals surface area contributed by atoms with Crippen LogP contribution in [0.5, 0.6) is 0 Å². The van der Waals surface area contributed by atoms with Crippen LogP contribution in [0.1, 0.15) is 23.1 Å². The van der Waals surface area contributed by atoms with Gasteiger partial charge in [-0.3, -0.25) is 4.99 Å². The van der Waals surface area contributed by atoms with Gasteiger partial charge in [0, 0.05) is 11.8 Å². The number of allylic oxidation sites excluding steroid dienone is 1. The molecule has 0 unspecified atom stereocenters. The van der Waals surface area contributed by atoms with Crippen molar-refractivity contribution in [3.8, 4) is 11.1 Å². The van der Waals surface area contributed by atoms with E-state index in [1.807, 2.05) is 55.6 Å². The average molecular weight is 343 g/mol. The number of halogens is 1. The third kappa shape index (κ3) is 4.54. The molecule has 1 nitrogen and oxygen atoms in total. The molecule has 3 rings (SSSR count). The molecule has 0 heterocycles. The van der Waals surface area contributed by atoms with E-state index in [1.54, 1.807) is 6.07 Å². The summed E-state index contributed by atoms with van der Waals surface area (Å²) in [6.45, 7) is 5.63. The second kappa shape index (κ2) is 8.39. The van der Waals surface area contributed by atoms with Crippen LogP contribution >= 0.6 is 0 Å². The number of aryl methyl sites for hydroxylation is 2. The van der Waals surface area contributed by atoms with E-state index in [4.69, 9.17) is 0 Å². The van der Waals surface area contributed by atoms with Gasteiger partial charge < -0.3 is 0 Å². The zero-order valence-corrected chi connectivity index (χ0v) is 15.0. The molecule has 0 aliphatic heterocycles. The van der Waals surface area contributed by atoms with Crippen LogP contribution in [-0.4, -0.2) is 6.21 Å². The monoisotopic (exact) mass is 343 g/mol. The normalized spacial score (nSPS) is 11.0. The molecule has 130 valence electrons. The van der Waals surface area contributed by atoms with Gasteiger partial charge in [0.15, 0.2) is 0 Å². The molecule has 0 bridgehead atoms. The first kappa shape index (κ1) is 17.8. The van der Waals surface area contributed by atoms with Crippen molar-refractivity contribution in [3.05, 3.63) is 102 Å². The van der Waals surface area contributed by atoms with Crippen molar-refractivity contribution in [2.45, 2.75) is 19.8 Å². The zero-order chi connectivity index (χ0) is 18.4. The third-order valence-electron chi connectivity index (χ3n) is 4.28. The molecule has 0 N–H and O–H groups in total. The third-order valence-corrected chi connectivity index (χ3v) is 4.28. The topological polar surface area (TPSA) is 12.4 Å². The summed E-state index contributed by atoms with van der Waals surface area (Å²) in [6.07, 6.45) is 5.78. The minimum absolute atomic E-state index is 0.196. The Morgan fingerprint density at radius 2 is 1.69 bits per heavy atom. The summed E-state index contributed by atoms with van der Waals surface area (Å²) in [4.78, 5) is 4.50. The lowest BCUT2D eigenvalue weighted by atomic mass is 10.0. The number of nitrogens with zero attached hydrogens (tertiary/aromatic N) is 1. The summed E-state index contributed by atoms with van der Waals surface area (Å²) >= 11 is 0. The van der Waals surface area contributed by atoms with Gasteiger partial charge in [0.05, 0.1) is 5.69 Å². The lowest BCUT2D eigenvalue weighted by Crippen LogP contribution is -1.86. The number of hydrogen-bond donors (Lipinski definition) is 0.